The van der Waals surface area contributed by atoms with E-state index in [1.807, 2.05) is 38.1 Å². The molecule has 0 radical (unpaired) electrons. The highest BCUT2D eigenvalue weighted by Crippen LogP contribution is 2.15. The predicted molar refractivity (Wildman–Crippen MR) is 149 cm³/mol. The Balaban J connectivity index is 2.32. The Hall–Kier alpha value is -2.48. The molecule has 0 aromatic heterocycles. The van der Waals surface area contributed by atoms with Crippen LogP contribution in [0.5, 0.6) is 0 Å². The van der Waals surface area contributed by atoms with Crippen LogP contribution in [0.4, 0.5) is 8.78 Å². The zero-order chi connectivity index (χ0) is 29.7. The van der Waals surface area contributed by atoms with Crippen LogP contribution in [0.25, 0.3) is 0 Å². The fourth-order valence-electron chi connectivity index (χ4n) is 4.23. The number of benzene rings is 2. The van der Waals surface area contributed by atoms with Gasteiger partial charge in [0, 0.05) is 25.2 Å². The number of sulfone groups is 1. The van der Waals surface area contributed by atoms with Crippen molar-refractivity contribution >= 4 is 15.7 Å². The van der Waals surface area contributed by atoms with Crippen molar-refractivity contribution in [3.63, 3.8) is 0 Å². The molecule has 0 fully saturated rings. The molecular weight excluding hydrogens is 544 g/mol. The summed E-state index contributed by atoms with van der Waals surface area (Å²) >= 11 is 0. The first-order valence-corrected chi connectivity index (χ1v) is 15.1. The number of nitrogens with two attached hydrogens (primary N) is 1. The normalized spacial score (nSPS) is 14.1. The van der Waals surface area contributed by atoms with Crippen molar-refractivity contribution in [2.75, 3.05) is 31.9 Å². The van der Waals surface area contributed by atoms with Crippen molar-refractivity contribution in [3.8, 4) is 0 Å². The number of amides is 1. The van der Waals surface area contributed by atoms with E-state index in [0.29, 0.717) is 12.8 Å². The van der Waals surface area contributed by atoms with Gasteiger partial charge >= 0.3 is 0 Å². The lowest BCUT2D eigenvalue weighted by atomic mass is 10.0. The number of halogens is 2. The highest BCUT2D eigenvalue weighted by atomic mass is 32.2. The van der Waals surface area contributed by atoms with Crippen LogP contribution in [0.3, 0.4) is 0 Å². The van der Waals surface area contributed by atoms with Crippen LogP contribution in [0.1, 0.15) is 43.4 Å². The summed E-state index contributed by atoms with van der Waals surface area (Å²) in [6.07, 6.45) is 0.583. The molecule has 1 amide bonds. The minimum absolute atomic E-state index is 0.0437. The number of unbranched alkanes of at least 4 members (excludes halogenated alkanes) is 1. The summed E-state index contributed by atoms with van der Waals surface area (Å²) in [6.45, 7) is 3.45. The molecule has 2 aromatic rings. The van der Waals surface area contributed by atoms with E-state index in [9.17, 15) is 27.1 Å². The van der Waals surface area contributed by atoms with E-state index in [4.69, 9.17) is 10.6 Å². The third kappa shape index (κ3) is 11.6. The summed E-state index contributed by atoms with van der Waals surface area (Å²) in [5, 5.41) is 13.8. The minimum Gasteiger partial charge on any atom is -0.390 e. The van der Waals surface area contributed by atoms with Gasteiger partial charge in [0.1, 0.15) is 24.4 Å². The molecule has 0 heterocycles. The first kappa shape index (κ1) is 33.7. The highest BCUT2D eigenvalue weighted by molar-refractivity contribution is 7.91. The fourth-order valence-corrected chi connectivity index (χ4v) is 5.90. The third-order valence-electron chi connectivity index (χ3n) is 6.41. The SMILES string of the molecule is CCCCS(=O)(=O)C[C@H](NCOOC)C(=O)N(Cc1cccc(CC)c1)C[C@@H](O)[C@@H](N)Cc1cc(F)cc(F)c1. The Morgan fingerprint density at radius 1 is 1.10 bits per heavy atom. The van der Waals surface area contributed by atoms with Gasteiger partial charge in [-0.05, 0) is 48.1 Å². The number of nitrogens with zero attached hydrogens (tertiary/aromatic N) is 1. The number of aliphatic hydroxyl groups is 1. The Labute approximate surface area is 235 Å². The number of carbonyl (C=O) groups excluding carboxylic acids is 1. The molecule has 0 aliphatic rings. The zero-order valence-electron chi connectivity index (χ0n) is 23.3. The van der Waals surface area contributed by atoms with Gasteiger partial charge in [-0.2, -0.15) is 0 Å². The average molecular weight is 586 g/mol. The monoisotopic (exact) mass is 585 g/mol. The maximum atomic E-state index is 13.8. The highest BCUT2D eigenvalue weighted by Gasteiger charge is 2.31. The fraction of sp³-hybridized carbons (Fsp3) is 0.536. The molecule has 224 valence electrons. The van der Waals surface area contributed by atoms with Gasteiger partial charge in [0.2, 0.25) is 5.91 Å². The molecule has 0 aliphatic carbocycles. The largest absolute Gasteiger partial charge is 0.390 e. The molecule has 3 atom stereocenters. The summed E-state index contributed by atoms with van der Waals surface area (Å²) in [7, 11) is -2.32. The van der Waals surface area contributed by atoms with Crippen molar-refractivity contribution in [3.05, 3.63) is 70.8 Å². The van der Waals surface area contributed by atoms with Gasteiger partial charge < -0.3 is 15.7 Å². The van der Waals surface area contributed by atoms with E-state index in [1.165, 1.54) is 12.0 Å². The van der Waals surface area contributed by atoms with Gasteiger partial charge in [-0.25, -0.2) is 27.0 Å². The van der Waals surface area contributed by atoms with Gasteiger partial charge in [-0.15, -0.1) is 0 Å². The molecule has 0 spiro atoms. The molecule has 0 saturated carbocycles. The molecule has 2 rings (SSSR count). The molecule has 0 bridgehead atoms. The van der Waals surface area contributed by atoms with E-state index >= 15 is 0 Å². The lowest BCUT2D eigenvalue weighted by molar-refractivity contribution is -0.277. The van der Waals surface area contributed by atoms with Crippen LogP contribution in [0, 0.1) is 11.6 Å². The number of aliphatic hydroxyl groups excluding tert-OH is 1. The van der Waals surface area contributed by atoms with Crippen molar-refractivity contribution in [2.45, 2.75) is 64.3 Å². The smallest absolute Gasteiger partial charge is 0.241 e. The third-order valence-corrected chi connectivity index (χ3v) is 8.17. The van der Waals surface area contributed by atoms with E-state index in [-0.39, 0.29) is 37.6 Å². The Morgan fingerprint density at radius 3 is 2.40 bits per heavy atom. The van der Waals surface area contributed by atoms with Crippen molar-refractivity contribution in [1.82, 2.24) is 10.2 Å². The van der Waals surface area contributed by atoms with Crippen molar-refractivity contribution < 1.29 is 36.9 Å². The summed E-state index contributed by atoms with van der Waals surface area (Å²) in [5.74, 6) is -2.66. The molecule has 2 aromatic carbocycles. The van der Waals surface area contributed by atoms with Crippen LogP contribution >= 0.6 is 0 Å². The topological polar surface area (TPSA) is 131 Å². The van der Waals surface area contributed by atoms with E-state index in [1.54, 1.807) is 0 Å². The number of aryl methyl sites for hydroxylation is 1. The average Bonchev–Trinajstić information content (AvgIpc) is 2.90. The van der Waals surface area contributed by atoms with Gasteiger partial charge in [-0.3, -0.25) is 10.1 Å². The van der Waals surface area contributed by atoms with Crippen LogP contribution in [0.15, 0.2) is 42.5 Å². The zero-order valence-corrected chi connectivity index (χ0v) is 24.1. The Bertz CT molecular complexity index is 1160. The number of hydrogen-bond acceptors (Lipinski definition) is 8. The van der Waals surface area contributed by atoms with Crippen LogP contribution in [0.2, 0.25) is 0 Å². The Morgan fingerprint density at radius 2 is 1.77 bits per heavy atom. The van der Waals surface area contributed by atoms with Gasteiger partial charge in [0.05, 0.1) is 24.7 Å². The Kier molecular flexibility index (Phi) is 14.1. The first-order valence-electron chi connectivity index (χ1n) is 13.3. The molecule has 40 heavy (non-hydrogen) atoms. The first-order chi connectivity index (χ1) is 19.0. The molecule has 0 aliphatic heterocycles. The van der Waals surface area contributed by atoms with Crippen molar-refractivity contribution in [1.29, 1.82) is 0 Å². The summed E-state index contributed by atoms with van der Waals surface area (Å²) in [6, 6.07) is 8.41. The summed E-state index contributed by atoms with van der Waals surface area (Å²) < 4.78 is 52.9. The quantitative estimate of drug-likeness (QED) is 0.105. The summed E-state index contributed by atoms with van der Waals surface area (Å²) in [4.78, 5) is 24.6. The molecular formula is C28H41F2N3O6S. The number of rotatable bonds is 18. The van der Waals surface area contributed by atoms with Gasteiger partial charge in [-0.1, -0.05) is 44.5 Å². The standard InChI is InChI=1S/C28H41F2N3O6S/c1-4-6-10-40(36,37)18-26(32-19-39-38-3)28(35)33(16-21-9-7-8-20(5-2)11-21)17-27(34)25(31)14-22-12-23(29)15-24(30)13-22/h7-9,11-13,15,25-27,32,34H,4-6,10,14,16-19,31H2,1-3H3/t25-,26-,27+/m0/s1. The maximum absolute atomic E-state index is 13.8. The number of carbonyl (C=O) groups is 1. The van der Waals surface area contributed by atoms with Crippen LogP contribution in [-0.2, 0) is 43.8 Å². The molecule has 12 heteroatoms. The second-order valence-corrected chi connectivity index (χ2v) is 12.0. The number of hydrogen-bond donors (Lipinski definition) is 3. The second-order valence-electron chi connectivity index (χ2n) is 9.76. The predicted octanol–water partition coefficient (Wildman–Crippen LogP) is 2.50. The van der Waals surface area contributed by atoms with Crippen molar-refractivity contribution in [2.24, 2.45) is 5.73 Å². The maximum Gasteiger partial charge on any atom is 0.241 e. The van der Waals surface area contributed by atoms with Gasteiger partial charge in [0.25, 0.3) is 0 Å². The van der Waals surface area contributed by atoms with E-state index in [0.717, 1.165) is 35.7 Å². The van der Waals surface area contributed by atoms with E-state index < -0.39 is 51.3 Å². The molecule has 0 unspecified atom stereocenters. The molecule has 0 saturated heterocycles. The summed E-state index contributed by atoms with van der Waals surface area (Å²) in [5.41, 5.74) is 8.27. The van der Waals surface area contributed by atoms with Gasteiger partial charge in [0.15, 0.2) is 9.84 Å². The lowest BCUT2D eigenvalue weighted by Crippen LogP contribution is -2.54. The minimum atomic E-state index is -3.60. The lowest BCUT2D eigenvalue weighted by Gasteiger charge is -2.31. The molecule has 9 nitrogen and oxygen atoms in total. The van der Waals surface area contributed by atoms with Crippen LogP contribution in [-0.4, -0.2) is 74.4 Å². The second kappa shape index (κ2) is 16.7. The molecule has 4 N–H and O–H groups in total. The van der Waals surface area contributed by atoms with Crippen LogP contribution < -0.4 is 11.1 Å². The van der Waals surface area contributed by atoms with E-state index in [2.05, 4.69) is 10.2 Å². The number of nitrogens with one attached hydrogen (secondary N) is 1.